The van der Waals surface area contributed by atoms with Crippen LogP contribution in [0, 0.1) is 5.92 Å². The predicted molar refractivity (Wildman–Crippen MR) is 115 cm³/mol. The number of nitrogens with zero attached hydrogens (tertiary/aromatic N) is 3. The Labute approximate surface area is 175 Å². The summed E-state index contributed by atoms with van der Waals surface area (Å²) < 4.78 is 0. The summed E-state index contributed by atoms with van der Waals surface area (Å²) >= 11 is 8.09. The monoisotopic (exact) mass is 418 g/mol. The van der Waals surface area contributed by atoms with E-state index in [9.17, 15) is 5.11 Å². The van der Waals surface area contributed by atoms with Crippen LogP contribution in [-0.2, 0) is 6.42 Å². The van der Waals surface area contributed by atoms with Gasteiger partial charge in [-0.1, -0.05) is 17.7 Å². The molecule has 28 heavy (non-hydrogen) atoms. The van der Waals surface area contributed by atoms with E-state index in [1.807, 2.05) is 11.8 Å². The number of thioether (sulfide) groups is 1. The zero-order chi connectivity index (χ0) is 19.1. The Morgan fingerprint density at radius 3 is 2.79 bits per heavy atom. The van der Waals surface area contributed by atoms with Crippen LogP contribution in [0.25, 0.3) is 0 Å². The number of nitrogens with one attached hydrogen (secondary N) is 1. The van der Waals surface area contributed by atoms with Crippen LogP contribution in [0.4, 0.5) is 11.8 Å². The first-order chi connectivity index (χ1) is 13.7. The van der Waals surface area contributed by atoms with Crippen molar-refractivity contribution in [3.63, 3.8) is 0 Å². The van der Waals surface area contributed by atoms with Crippen LogP contribution >= 0.6 is 23.4 Å². The molecule has 0 spiro atoms. The summed E-state index contributed by atoms with van der Waals surface area (Å²) in [6.07, 6.45) is 11.9. The smallest absolute Gasteiger partial charge is 0.227 e. The standard InChI is InChI=1S/C21H27ClN4OS/c22-16-3-1-2-15(12-16)14-4-9-26(10-5-14)20-23-17-6-11-28-18(17)19(24-20)25-21(13-27)7-8-21/h2,12,14,27H,1,3-11,13H2,(H,23,24,25). The molecule has 1 saturated carbocycles. The molecule has 1 aromatic rings. The molecule has 0 aromatic carbocycles. The third-order valence-electron chi connectivity index (χ3n) is 6.38. The van der Waals surface area contributed by atoms with E-state index < -0.39 is 0 Å². The third-order valence-corrected chi connectivity index (χ3v) is 7.81. The van der Waals surface area contributed by atoms with Crippen LogP contribution in [0.15, 0.2) is 27.7 Å². The van der Waals surface area contributed by atoms with Gasteiger partial charge in [-0.25, -0.2) is 4.98 Å². The minimum atomic E-state index is -0.158. The number of aliphatic hydroxyl groups excluding tert-OH is 1. The number of rotatable bonds is 5. The van der Waals surface area contributed by atoms with Gasteiger partial charge in [-0.3, -0.25) is 0 Å². The lowest BCUT2D eigenvalue weighted by molar-refractivity contribution is 0.265. The lowest BCUT2D eigenvalue weighted by atomic mass is 9.86. The van der Waals surface area contributed by atoms with E-state index >= 15 is 0 Å². The van der Waals surface area contributed by atoms with E-state index in [0.29, 0.717) is 5.92 Å². The average Bonchev–Trinajstić information content (AvgIpc) is 3.33. The van der Waals surface area contributed by atoms with Crippen molar-refractivity contribution in [1.82, 2.24) is 9.97 Å². The number of allylic oxidation sites excluding steroid dienone is 4. The Kier molecular flexibility index (Phi) is 5.06. The van der Waals surface area contributed by atoms with E-state index in [0.717, 1.165) is 86.3 Å². The SMILES string of the molecule is OCC1(Nc2nc(N3CCC(C4=CCCC(Cl)=C4)CC3)nc3c2SCC3)CC1. The van der Waals surface area contributed by atoms with Gasteiger partial charge in [0.05, 0.1) is 22.7 Å². The molecule has 0 unspecified atom stereocenters. The molecule has 2 fully saturated rings. The molecular weight excluding hydrogens is 392 g/mol. The molecule has 150 valence electrons. The van der Waals surface area contributed by atoms with Crippen molar-refractivity contribution in [2.75, 3.05) is 35.7 Å². The fourth-order valence-electron chi connectivity index (χ4n) is 4.39. The highest BCUT2D eigenvalue weighted by molar-refractivity contribution is 7.99. The van der Waals surface area contributed by atoms with Crippen LogP contribution in [0.1, 0.15) is 44.2 Å². The van der Waals surface area contributed by atoms with E-state index in [1.54, 1.807) is 0 Å². The topological polar surface area (TPSA) is 61.3 Å². The van der Waals surface area contributed by atoms with E-state index in [-0.39, 0.29) is 12.1 Å². The molecule has 4 aliphatic rings. The Hall–Kier alpha value is -1.24. The molecule has 3 heterocycles. The lowest BCUT2D eigenvalue weighted by Gasteiger charge is -2.33. The first-order valence-electron chi connectivity index (χ1n) is 10.4. The van der Waals surface area contributed by atoms with Gasteiger partial charge in [-0.05, 0) is 56.1 Å². The minimum absolute atomic E-state index is 0.158. The van der Waals surface area contributed by atoms with Crippen molar-refractivity contribution in [3.8, 4) is 0 Å². The molecule has 0 bridgehead atoms. The van der Waals surface area contributed by atoms with Gasteiger partial charge in [0, 0.05) is 30.3 Å². The van der Waals surface area contributed by atoms with Crippen molar-refractivity contribution >= 4 is 35.1 Å². The molecular formula is C21H27ClN4OS. The largest absolute Gasteiger partial charge is 0.394 e. The zero-order valence-electron chi connectivity index (χ0n) is 16.1. The summed E-state index contributed by atoms with van der Waals surface area (Å²) in [6.45, 7) is 2.12. The molecule has 1 aromatic heterocycles. The van der Waals surface area contributed by atoms with E-state index in [4.69, 9.17) is 21.6 Å². The molecule has 0 amide bonds. The van der Waals surface area contributed by atoms with Crippen molar-refractivity contribution < 1.29 is 5.11 Å². The molecule has 0 radical (unpaired) electrons. The van der Waals surface area contributed by atoms with Gasteiger partial charge in [0.25, 0.3) is 0 Å². The number of hydrogen-bond acceptors (Lipinski definition) is 6. The molecule has 5 nitrogen and oxygen atoms in total. The van der Waals surface area contributed by atoms with Crippen molar-refractivity contribution in [2.24, 2.45) is 5.92 Å². The maximum atomic E-state index is 9.71. The second kappa shape index (κ2) is 7.54. The van der Waals surface area contributed by atoms with Crippen molar-refractivity contribution in [2.45, 2.75) is 55.4 Å². The second-order valence-electron chi connectivity index (χ2n) is 8.41. The molecule has 1 saturated heterocycles. The summed E-state index contributed by atoms with van der Waals surface area (Å²) in [5, 5.41) is 14.3. The Bertz CT molecular complexity index is 828. The summed E-state index contributed by atoms with van der Waals surface area (Å²) in [7, 11) is 0. The highest BCUT2D eigenvalue weighted by atomic mass is 35.5. The van der Waals surface area contributed by atoms with E-state index in [2.05, 4.69) is 22.4 Å². The van der Waals surface area contributed by atoms with Crippen LogP contribution in [0.2, 0.25) is 0 Å². The lowest BCUT2D eigenvalue weighted by Crippen LogP contribution is -2.36. The summed E-state index contributed by atoms with van der Waals surface area (Å²) in [5.41, 5.74) is 2.43. The number of aliphatic hydroxyl groups is 1. The van der Waals surface area contributed by atoms with Gasteiger partial charge in [0.1, 0.15) is 5.82 Å². The number of aryl methyl sites for hydroxylation is 1. The summed E-state index contributed by atoms with van der Waals surface area (Å²) in [6, 6.07) is 0. The maximum Gasteiger partial charge on any atom is 0.227 e. The number of piperidine rings is 1. The molecule has 5 rings (SSSR count). The van der Waals surface area contributed by atoms with Crippen LogP contribution < -0.4 is 10.2 Å². The number of anilines is 2. The first kappa shape index (κ1) is 18.8. The third kappa shape index (κ3) is 3.66. The summed E-state index contributed by atoms with van der Waals surface area (Å²) in [4.78, 5) is 13.3. The summed E-state index contributed by atoms with van der Waals surface area (Å²) in [5.74, 6) is 3.44. The van der Waals surface area contributed by atoms with Gasteiger partial charge < -0.3 is 15.3 Å². The van der Waals surface area contributed by atoms with Crippen molar-refractivity contribution in [3.05, 3.63) is 28.5 Å². The van der Waals surface area contributed by atoms with Gasteiger partial charge in [-0.15, -0.1) is 11.8 Å². The minimum Gasteiger partial charge on any atom is -0.394 e. The van der Waals surface area contributed by atoms with E-state index in [1.165, 1.54) is 10.5 Å². The highest BCUT2D eigenvalue weighted by Crippen LogP contribution is 2.43. The number of aromatic nitrogens is 2. The normalized spacial score (nSPS) is 23.9. The fourth-order valence-corrected chi connectivity index (χ4v) is 5.67. The fraction of sp³-hybridized carbons (Fsp3) is 0.619. The molecule has 2 aliphatic carbocycles. The molecule has 7 heteroatoms. The molecule has 0 atom stereocenters. The van der Waals surface area contributed by atoms with Crippen LogP contribution in [0.5, 0.6) is 0 Å². The zero-order valence-corrected chi connectivity index (χ0v) is 17.7. The van der Waals surface area contributed by atoms with Gasteiger partial charge in [0.2, 0.25) is 5.95 Å². The molecule has 2 N–H and O–H groups in total. The van der Waals surface area contributed by atoms with Gasteiger partial charge >= 0.3 is 0 Å². The number of halogens is 1. The van der Waals surface area contributed by atoms with Crippen LogP contribution in [0.3, 0.4) is 0 Å². The Morgan fingerprint density at radius 1 is 1.25 bits per heavy atom. The van der Waals surface area contributed by atoms with Crippen molar-refractivity contribution in [1.29, 1.82) is 0 Å². The maximum absolute atomic E-state index is 9.71. The van der Waals surface area contributed by atoms with Crippen LogP contribution in [-0.4, -0.2) is 46.1 Å². The quantitative estimate of drug-likeness (QED) is 0.749. The Morgan fingerprint density at radius 2 is 2.07 bits per heavy atom. The second-order valence-corrected chi connectivity index (χ2v) is 10.00. The average molecular weight is 419 g/mol. The molecule has 2 aliphatic heterocycles. The first-order valence-corrected chi connectivity index (χ1v) is 11.8. The Balaban J connectivity index is 1.32. The van der Waals surface area contributed by atoms with Gasteiger partial charge in [0.15, 0.2) is 0 Å². The highest BCUT2D eigenvalue weighted by Gasteiger charge is 2.43. The predicted octanol–water partition coefficient (Wildman–Crippen LogP) is 4.12. The number of hydrogen-bond donors (Lipinski definition) is 2. The number of fused-ring (bicyclic) bond motifs is 1. The van der Waals surface area contributed by atoms with Gasteiger partial charge in [-0.2, -0.15) is 4.98 Å².